The highest BCUT2D eigenvalue weighted by Gasteiger charge is 2.19. The summed E-state index contributed by atoms with van der Waals surface area (Å²) in [7, 11) is 0. The molecule has 66 heavy (non-hydrogen) atoms. The van der Waals surface area contributed by atoms with E-state index < -0.39 is 6.10 Å². The summed E-state index contributed by atoms with van der Waals surface area (Å²) in [5.41, 5.74) is 0. The Morgan fingerprint density at radius 1 is 0.303 bits per heavy atom. The van der Waals surface area contributed by atoms with E-state index in [1.165, 1.54) is 173 Å². The highest BCUT2D eigenvalue weighted by Crippen LogP contribution is 2.15. The normalized spacial score (nSPS) is 12.5. The summed E-state index contributed by atoms with van der Waals surface area (Å²) in [5, 5.41) is 0. The fourth-order valence-electron chi connectivity index (χ4n) is 7.96. The zero-order valence-corrected chi connectivity index (χ0v) is 43.7. The average Bonchev–Trinajstić information content (AvgIpc) is 3.31. The van der Waals surface area contributed by atoms with Crippen molar-refractivity contribution in [3.8, 4) is 0 Å². The van der Waals surface area contributed by atoms with Gasteiger partial charge in [-0.3, -0.25) is 14.4 Å². The van der Waals surface area contributed by atoms with Crippen LogP contribution in [0, 0.1) is 0 Å². The van der Waals surface area contributed by atoms with Crippen LogP contribution < -0.4 is 0 Å². The molecule has 0 aliphatic carbocycles. The van der Waals surface area contributed by atoms with E-state index in [0.29, 0.717) is 19.3 Å². The van der Waals surface area contributed by atoms with Gasteiger partial charge < -0.3 is 14.2 Å². The maximum absolute atomic E-state index is 12.8. The molecule has 0 heterocycles. The van der Waals surface area contributed by atoms with Crippen molar-refractivity contribution in [3.63, 3.8) is 0 Å². The van der Waals surface area contributed by atoms with Crippen LogP contribution in [-0.2, 0) is 28.6 Å². The standard InChI is InChI=1S/C60H106O6/c1-4-7-10-13-16-19-22-25-28-30-32-35-38-41-44-47-50-53-59(62)65-56-57(55-64-58(61)52-49-46-43-40-37-34-27-24-21-18-15-12-9-6-3)66-60(63)54-51-48-45-42-39-36-33-31-29-26-23-20-17-14-11-8-5-2/h16,19,25-26,28-29,32,35,41,44,57H,4-15,17-18,20-24,27,30-31,33-34,36-40,42-43,45-56H2,1-3H3/b19-16-,28-25-,29-26-,35-32-,44-41-/t57-/m1/s1. The van der Waals surface area contributed by atoms with E-state index in [1.54, 1.807) is 0 Å². The average molecular weight is 924 g/mol. The SMILES string of the molecule is CCCCC/C=C\C/C=C\C/C=C\C/C=C\CCCC(=O)OC[C@@H](COC(=O)CCCCCCCCCCCCCCCC)OC(=O)CCCCCCCCC/C=C\CCCCCCCC. The highest BCUT2D eigenvalue weighted by molar-refractivity contribution is 5.71. The van der Waals surface area contributed by atoms with E-state index in [4.69, 9.17) is 14.2 Å². The van der Waals surface area contributed by atoms with Gasteiger partial charge in [-0.2, -0.15) is 0 Å². The van der Waals surface area contributed by atoms with Crippen molar-refractivity contribution in [1.29, 1.82) is 0 Å². The summed E-state index contributed by atoms with van der Waals surface area (Å²) in [6, 6.07) is 0. The predicted molar refractivity (Wildman–Crippen MR) is 284 cm³/mol. The van der Waals surface area contributed by atoms with Gasteiger partial charge >= 0.3 is 17.9 Å². The third-order valence-electron chi connectivity index (χ3n) is 12.2. The number of unbranched alkanes of at least 4 members (excludes halogenated alkanes) is 30. The molecular formula is C60H106O6. The molecule has 0 radical (unpaired) electrons. The molecule has 0 amide bonds. The van der Waals surface area contributed by atoms with E-state index >= 15 is 0 Å². The Morgan fingerprint density at radius 3 is 0.955 bits per heavy atom. The zero-order valence-electron chi connectivity index (χ0n) is 43.7. The summed E-state index contributed by atoms with van der Waals surface area (Å²) >= 11 is 0. The molecule has 6 nitrogen and oxygen atoms in total. The van der Waals surface area contributed by atoms with Crippen LogP contribution in [0.15, 0.2) is 60.8 Å². The van der Waals surface area contributed by atoms with Gasteiger partial charge in [0.15, 0.2) is 6.10 Å². The van der Waals surface area contributed by atoms with Crippen LogP contribution in [0.1, 0.15) is 284 Å². The molecule has 6 heteroatoms. The Balaban J connectivity index is 4.45. The van der Waals surface area contributed by atoms with Crippen LogP contribution in [0.2, 0.25) is 0 Å². The first-order valence-electron chi connectivity index (χ1n) is 28.3. The number of carbonyl (C=O) groups excluding carboxylic acids is 3. The van der Waals surface area contributed by atoms with Gasteiger partial charge in [0.1, 0.15) is 13.2 Å². The van der Waals surface area contributed by atoms with E-state index in [2.05, 4.69) is 81.5 Å². The molecule has 0 spiro atoms. The molecule has 0 aliphatic rings. The van der Waals surface area contributed by atoms with Gasteiger partial charge in [-0.25, -0.2) is 0 Å². The number of ether oxygens (including phenoxy) is 3. The maximum atomic E-state index is 12.8. The lowest BCUT2D eigenvalue weighted by atomic mass is 10.0. The Kier molecular flexibility index (Phi) is 52.3. The van der Waals surface area contributed by atoms with E-state index in [1.807, 2.05) is 0 Å². The van der Waals surface area contributed by atoms with Crippen molar-refractivity contribution in [3.05, 3.63) is 60.8 Å². The van der Waals surface area contributed by atoms with Gasteiger partial charge in [-0.15, -0.1) is 0 Å². The first-order valence-corrected chi connectivity index (χ1v) is 28.3. The van der Waals surface area contributed by atoms with Crippen LogP contribution in [0.3, 0.4) is 0 Å². The molecule has 0 unspecified atom stereocenters. The largest absolute Gasteiger partial charge is 0.462 e. The van der Waals surface area contributed by atoms with E-state index in [-0.39, 0.29) is 37.5 Å². The minimum atomic E-state index is -0.796. The first kappa shape index (κ1) is 63.1. The lowest BCUT2D eigenvalue weighted by Gasteiger charge is -2.18. The van der Waals surface area contributed by atoms with Crippen LogP contribution in [0.25, 0.3) is 0 Å². The number of hydrogen-bond acceptors (Lipinski definition) is 6. The Morgan fingerprint density at radius 2 is 0.561 bits per heavy atom. The lowest BCUT2D eigenvalue weighted by molar-refractivity contribution is -0.167. The quantitative estimate of drug-likeness (QED) is 0.0262. The van der Waals surface area contributed by atoms with Crippen molar-refractivity contribution in [2.75, 3.05) is 13.2 Å². The lowest BCUT2D eigenvalue weighted by Crippen LogP contribution is -2.30. The summed E-state index contributed by atoms with van der Waals surface area (Å²) in [6.07, 6.45) is 67.8. The molecule has 0 aromatic heterocycles. The van der Waals surface area contributed by atoms with Crippen molar-refractivity contribution in [1.82, 2.24) is 0 Å². The van der Waals surface area contributed by atoms with Gasteiger partial charge in [0.2, 0.25) is 0 Å². The molecule has 0 aromatic rings. The third-order valence-corrected chi connectivity index (χ3v) is 12.2. The van der Waals surface area contributed by atoms with Crippen LogP contribution in [-0.4, -0.2) is 37.2 Å². The second-order valence-corrected chi connectivity index (χ2v) is 18.8. The highest BCUT2D eigenvalue weighted by atomic mass is 16.6. The number of rotatable bonds is 51. The second kappa shape index (κ2) is 54.7. The molecule has 0 N–H and O–H groups in total. The first-order chi connectivity index (χ1) is 32.5. The number of allylic oxidation sites excluding steroid dienone is 10. The minimum Gasteiger partial charge on any atom is -0.462 e. The summed E-state index contributed by atoms with van der Waals surface area (Å²) in [4.78, 5) is 38.1. The van der Waals surface area contributed by atoms with Gasteiger partial charge in [0, 0.05) is 19.3 Å². The molecular weight excluding hydrogens is 817 g/mol. The summed E-state index contributed by atoms with van der Waals surface area (Å²) in [5.74, 6) is -0.943. The summed E-state index contributed by atoms with van der Waals surface area (Å²) in [6.45, 7) is 6.58. The fraction of sp³-hybridized carbons (Fsp3) is 0.783. The number of carbonyl (C=O) groups is 3. The Bertz CT molecular complexity index is 1200. The van der Waals surface area contributed by atoms with Crippen LogP contribution in [0.4, 0.5) is 0 Å². The molecule has 382 valence electrons. The number of esters is 3. The van der Waals surface area contributed by atoms with Crippen molar-refractivity contribution >= 4 is 17.9 Å². The molecule has 0 fully saturated rings. The topological polar surface area (TPSA) is 78.9 Å². The van der Waals surface area contributed by atoms with Crippen LogP contribution >= 0.6 is 0 Å². The molecule has 0 bridgehead atoms. The molecule has 0 aliphatic heterocycles. The molecule has 0 saturated carbocycles. The Labute approximate surface area is 409 Å². The number of hydrogen-bond donors (Lipinski definition) is 0. The van der Waals surface area contributed by atoms with Gasteiger partial charge in [-0.05, 0) is 83.5 Å². The second-order valence-electron chi connectivity index (χ2n) is 18.8. The van der Waals surface area contributed by atoms with Crippen molar-refractivity contribution < 1.29 is 28.6 Å². The fourth-order valence-corrected chi connectivity index (χ4v) is 7.96. The third kappa shape index (κ3) is 52.1. The zero-order chi connectivity index (χ0) is 47.9. The monoisotopic (exact) mass is 923 g/mol. The van der Waals surface area contributed by atoms with Gasteiger partial charge in [0.05, 0.1) is 0 Å². The molecule has 0 saturated heterocycles. The van der Waals surface area contributed by atoms with Crippen molar-refractivity contribution in [2.45, 2.75) is 290 Å². The smallest absolute Gasteiger partial charge is 0.306 e. The molecule has 0 rings (SSSR count). The molecule has 1 atom stereocenters. The summed E-state index contributed by atoms with van der Waals surface area (Å²) < 4.78 is 16.8. The maximum Gasteiger partial charge on any atom is 0.306 e. The van der Waals surface area contributed by atoms with E-state index in [0.717, 1.165) is 64.2 Å². The Hall–Kier alpha value is -2.89. The predicted octanol–water partition coefficient (Wildman–Crippen LogP) is 18.8. The minimum absolute atomic E-state index is 0.0904. The van der Waals surface area contributed by atoms with Crippen LogP contribution in [0.5, 0.6) is 0 Å². The molecule has 0 aromatic carbocycles. The van der Waals surface area contributed by atoms with Crippen molar-refractivity contribution in [2.24, 2.45) is 0 Å². The van der Waals surface area contributed by atoms with E-state index in [9.17, 15) is 14.4 Å². The van der Waals surface area contributed by atoms with Gasteiger partial charge in [-0.1, -0.05) is 242 Å². The van der Waals surface area contributed by atoms with Gasteiger partial charge in [0.25, 0.3) is 0 Å².